The van der Waals surface area contributed by atoms with E-state index in [1.165, 1.54) is 11.0 Å². The van der Waals surface area contributed by atoms with Crippen molar-refractivity contribution in [3.63, 3.8) is 0 Å². The molecule has 6 heteroatoms. The van der Waals surface area contributed by atoms with Crippen molar-refractivity contribution in [2.24, 2.45) is 0 Å². The first-order chi connectivity index (χ1) is 15.3. The third-order valence-electron chi connectivity index (χ3n) is 4.02. The molecule has 0 N–H and O–H groups in total. The fourth-order valence-electron chi connectivity index (χ4n) is 2.57. The molecule has 180 valence electrons. The van der Waals surface area contributed by atoms with Gasteiger partial charge in [-0.2, -0.15) is 12.6 Å². The summed E-state index contributed by atoms with van der Waals surface area (Å²) in [7, 11) is 1.63. The van der Waals surface area contributed by atoms with Crippen LogP contribution in [-0.2, 0) is 4.79 Å². The summed E-state index contributed by atoms with van der Waals surface area (Å²) in [6, 6.07) is 13.6. The van der Waals surface area contributed by atoms with Crippen molar-refractivity contribution in [3.8, 4) is 5.75 Å². The fraction of sp³-hybridized carbons (Fsp3) is 0.259. The summed E-state index contributed by atoms with van der Waals surface area (Å²) in [5, 5.41) is 0.411. The minimum atomic E-state index is -0.288. The highest BCUT2D eigenvalue weighted by Crippen LogP contribution is 2.26. The van der Waals surface area contributed by atoms with Gasteiger partial charge in [-0.25, -0.2) is 0 Å². The first kappa shape index (κ1) is 32.4. The molecule has 0 bridgehead atoms. The van der Waals surface area contributed by atoms with E-state index in [2.05, 4.69) is 25.8 Å². The van der Waals surface area contributed by atoms with Crippen LogP contribution in [-0.4, -0.2) is 36.5 Å². The normalized spacial score (nSPS) is 9.61. The van der Waals surface area contributed by atoms with Gasteiger partial charge in [0.05, 0.1) is 5.56 Å². The molecule has 0 saturated carbocycles. The van der Waals surface area contributed by atoms with Crippen molar-refractivity contribution < 1.29 is 14.3 Å². The first-order valence-corrected chi connectivity index (χ1v) is 11.3. The zero-order valence-corrected chi connectivity index (χ0v) is 21.0. The van der Waals surface area contributed by atoms with Crippen LogP contribution in [0.15, 0.2) is 85.1 Å². The SMILES string of the molecule is C.C=C/C=C(\C(=C)C)N(C)C(=O)COc1ccc(Cl)cc1C(=O)c1ccccc1.CC.CS. The Morgan fingerprint density at radius 1 is 1.12 bits per heavy atom. The van der Waals surface area contributed by atoms with Crippen LogP contribution < -0.4 is 4.74 Å². The van der Waals surface area contributed by atoms with Crippen LogP contribution in [0.5, 0.6) is 5.75 Å². The number of halogens is 1. The number of carbonyl (C=O) groups is 2. The van der Waals surface area contributed by atoms with Crippen LogP contribution in [0.2, 0.25) is 5.02 Å². The van der Waals surface area contributed by atoms with Gasteiger partial charge in [0.25, 0.3) is 5.91 Å². The summed E-state index contributed by atoms with van der Waals surface area (Å²) in [6.45, 7) is 13.1. The number of thiol groups is 1. The summed E-state index contributed by atoms with van der Waals surface area (Å²) < 4.78 is 5.67. The lowest BCUT2D eigenvalue weighted by Crippen LogP contribution is -2.31. The number of benzene rings is 2. The largest absolute Gasteiger partial charge is 0.483 e. The molecule has 2 aromatic rings. The summed E-state index contributed by atoms with van der Waals surface area (Å²) in [6.07, 6.45) is 4.98. The van der Waals surface area contributed by atoms with E-state index in [-0.39, 0.29) is 25.7 Å². The molecule has 0 aliphatic rings. The van der Waals surface area contributed by atoms with E-state index in [4.69, 9.17) is 16.3 Å². The number of carbonyl (C=O) groups excluding carboxylic acids is 2. The Balaban J connectivity index is 0. The van der Waals surface area contributed by atoms with Gasteiger partial charge in [0.2, 0.25) is 0 Å². The Labute approximate surface area is 210 Å². The number of ketones is 1. The van der Waals surface area contributed by atoms with Crippen LogP contribution in [0.1, 0.15) is 44.1 Å². The van der Waals surface area contributed by atoms with Gasteiger partial charge in [-0.05, 0) is 43.0 Å². The number of rotatable bonds is 8. The fourth-order valence-corrected chi connectivity index (χ4v) is 2.75. The number of nitrogens with zero attached hydrogens (tertiary/aromatic N) is 1. The molecule has 0 unspecified atom stereocenters. The number of allylic oxidation sites excluding steroid dienone is 3. The molecule has 2 rings (SSSR count). The topological polar surface area (TPSA) is 46.6 Å². The maximum absolute atomic E-state index is 12.8. The van der Waals surface area contributed by atoms with Gasteiger partial charge in [0.15, 0.2) is 12.4 Å². The van der Waals surface area contributed by atoms with Crippen molar-refractivity contribution in [2.75, 3.05) is 19.9 Å². The zero-order valence-electron chi connectivity index (χ0n) is 19.4. The molecule has 4 nitrogen and oxygen atoms in total. The number of ether oxygens (including phenoxy) is 1. The monoisotopic (exact) mass is 489 g/mol. The molecule has 0 atom stereocenters. The van der Waals surface area contributed by atoms with E-state index in [0.29, 0.717) is 27.6 Å². The molecular weight excluding hydrogens is 454 g/mol. The molecule has 0 saturated heterocycles. The van der Waals surface area contributed by atoms with Crippen LogP contribution >= 0.6 is 24.2 Å². The molecule has 0 heterocycles. The molecule has 0 fully saturated rings. The van der Waals surface area contributed by atoms with Crippen LogP contribution in [0.4, 0.5) is 0 Å². The molecule has 0 spiro atoms. The number of hydrogen-bond donors (Lipinski definition) is 1. The summed E-state index contributed by atoms with van der Waals surface area (Å²) >= 11 is 9.59. The van der Waals surface area contributed by atoms with E-state index >= 15 is 0 Å². The van der Waals surface area contributed by atoms with Gasteiger partial charge in [-0.3, -0.25) is 9.59 Å². The van der Waals surface area contributed by atoms with Crippen LogP contribution in [0.25, 0.3) is 0 Å². The number of amides is 1. The molecule has 2 aromatic carbocycles. The van der Waals surface area contributed by atoms with Gasteiger partial charge in [-0.1, -0.05) is 82.4 Å². The maximum atomic E-state index is 12.8. The lowest BCUT2D eigenvalue weighted by molar-refractivity contribution is -0.130. The van der Waals surface area contributed by atoms with Gasteiger partial charge in [-0.15, -0.1) is 0 Å². The predicted octanol–water partition coefficient (Wildman–Crippen LogP) is 7.26. The molecule has 0 radical (unpaired) electrons. The Morgan fingerprint density at radius 2 is 1.70 bits per heavy atom. The average Bonchev–Trinajstić information content (AvgIpc) is 2.83. The Hall–Kier alpha value is -2.76. The second-order valence-corrected chi connectivity index (χ2v) is 6.58. The summed E-state index contributed by atoms with van der Waals surface area (Å²) in [5.74, 6) is -0.221. The van der Waals surface area contributed by atoms with E-state index < -0.39 is 0 Å². The second kappa shape index (κ2) is 17.8. The Morgan fingerprint density at radius 3 is 2.21 bits per heavy atom. The third kappa shape index (κ3) is 10.1. The first-order valence-electron chi connectivity index (χ1n) is 10.1. The third-order valence-corrected chi connectivity index (χ3v) is 4.26. The van der Waals surface area contributed by atoms with Crippen LogP contribution in [0.3, 0.4) is 0 Å². The highest BCUT2D eigenvalue weighted by molar-refractivity contribution is 7.79. The smallest absolute Gasteiger partial charge is 0.264 e. The van der Waals surface area contributed by atoms with Crippen molar-refractivity contribution >= 4 is 35.9 Å². The van der Waals surface area contributed by atoms with Crippen molar-refractivity contribution in [1.82, 2.24) is 4.90 Å². The molecule has 1 amide bonds. The van der Waals surface area contributed by atoms with Crippen molar-refractivity contribution in [1.29, 1.82) is 0 Å². The summed E-state index contributed by atoms with van der Waals surface area (Å²) in [4.78, 5) is 26.8. The Kier molecular flexibility index (Phi) is 17.4. The minimum Gasteiger partial charge on any atom is -0.483 e. The van der Waals surface area contributed by atoms with E-state index in [0.717, 1.165) is 5.57 Å². The Bertz CT molecular complexity index is 940. The van der Waals surface area contributed by atoms with Crippen molar-refractivity contribution in [2.45, 2.75) is 28.2 Å². The van der Waals surface area contributed by atoms with E-state index in [1.54, 1.807) is 68.8 Å². The predicted molar refractivity (Wildman–Crippen MR) is 146 cm³/mol. The lowest BCUT2D eigenvalue weighted by Gasteiger charge is -2.21. The average molecular weight is 490 g/mol. The molecule has 33 heavy (non-hydrogen) atoms. The maximum Gasteiger partial charge on any atom is 0.264 e. The molecule has 0 aliphatic heterocycles. The quantitative estimate of drug-likeness (QED) is 0.241. The van der Waals surface area contributed by atoms with Crippen LogP contribution in [0, 0.1) is 0 Å². The van der Waals surface area contributed by atoms with Gasteiger partial charge in [0, 0.05) is 23.3 Å². The second-order valence-electron chi connectivity index (χ2n) is 6.15. The van der Waals surface area contributed by atoms with E-state index in [1.807, 2.05) is 19.9 Å². The number of hydrogen-bond acceptors (Lipinski definition) is 4. The van der Waals surface area contributed by atoms with Gasteiger partial charge in [0.1, 0.15) is 5.75 Å². The van der Waals surface area contributed by atoms with Crippen molar-refractivity contribution in [3.05, 3.63) is 101 Å². The van der Waals surface area contributed by atoms with E-state index in [9.17, 15) is 9.59 Å². The van der Waals surface area contributed by atoms with Gasteiger partial charge < -0.3 is 9.64 Å². The highest BCUT2D eigenvalue weighted by atomic mass is 35.5. The zero-order chi connectivity index (χ0) is 24.7. The molecule has 0 aliphatic carbocycles. The lowest BCUT2D eigenvalue weighted by atomic mass is 10.0. The molecular formula is C27H36ClNO3S. The highest BCUT2D eigenvalue weighted by Gasteiger charge is 2.18. The number of likely N-dealkylation sites (N-methyl/N-ethyl adjacent to an activating group) is 1. The molecule has 0 aromatic heterocycles. The summed E-state index contributed by atoms with van der Waals surface area (Å²) in [5.41, 5.74) is 2.18. The standard InChI is InChI=1S/C23H22ClNO3.C2H6.CH4S.CH4/c1-5-9-20(16(2)3)25(4)22(26)15-28-21-13-12-18(24)14-19(21)23(27)17-10-7-6-8-11-17;2*1-2;/h5-14H,1-2,15H2,3-4H3;1-2H3;2H,1H3;1H4/b20-9+;;;. The minimum absolute atomic E-state index is 0. The van der Waals surface area contributed by atoms with Gasteiger partial charge >= 0.3 is 0 Å².